The molecule has 0 aromatic carbocycles. The molecular formula is C10H16N2O5. The highest BCUT2D eigenvalue weighted by molar-refractivity contribution is 5.95. The molecule has 1 rings (SSSR count). The van der Waals surface area contributed by atoms with Crippen molar-refractivity contribution in [2.45, 2.75) is 32.1 Å². The predicted molar refractivity (Wildman–Crippen MR) is 57.1 cm³/mol. The molecule has 1 fully saturated rings. The topological polar surface area (TPSA) is 108 Å². The lowest BCUT2D eigenvalue weighted by Crippen LogP contribution is -2.50. The third-order valence-electron chi connectivity index (χ3n) is 2.49. The van der Waals surface area contributed by atoms with Crippen LogP contribution in [0.3, 0.4) is 0 Å². The number of carboxylic acids is 1. The van der Waals surface area contributed by atoms with Crippen molar-refractivity contribution in [1.29, 1.82) is 0 Å². The summed E-state index contributed by atoms with van der Waals surface area (Å²) in [7, 11) is 1.47. The Balaban J connectivity index is 2.55. The van der Waals surface area contributed by atoms with Crippen LogP contribution in [0.5, 0.6) is 0 Å². The van der Waals surface area contributed by atoms with E-state index < -0.39 is 30.1 Å². The molecule has 0 aliphatic carbocycles. The van der Waals surface area contributed by atoms with Gasteiger partial charge in [0.05, 0.1) is 0 Å². The van der Waals surface area contributed by atoms with Gasteiger partial charge in [0.1, 0.15) is 6.04 Å². The minimum Gasteiger partial charge on any atom is -0.479 e. The van der Waals surface area contributed by atoms with E-state index in [0.29, 0.717) is 0 Å². The highest BCUT2D eigenvalue weighted by Crippen LogP contribution is 2.22. The molecule has 0 saturated carbocycles. The summed E-state index contributed by atoms with van der Waals surface area (Å²) in [6.07, 6.45) is -2.08. The number of nitrogens with one attached hydrogen (secondary N) is 2. The van der Waals surface area contributed by atoms with Gasteiger partial charge in [-0.05, 0) is 5.92 Å². The standard InChI is InChI=1S/C10H16N2O5/c1-4(2)5(8(13)11-3)12-9(14)6-7(17-6)10(15)16/h4-7H,1-3H3,(H,11,13)(H,12,14)(H,15,16). The highest BCUT2D eigenvalue weighted by atomic mass is 16.6. The molecule has 1 aliphatic rings. The number of hydrogen-bond acceptors (Lipinski definition) is 4. The smallest absolute Gasteiger partial charge is 0.336 e. The largest absolute Gasteiger partial charge is 0.479 e. The first-order valence-electron chi connectivity index (χ1n) is 5.28. The van der Waals surface area contributed by atoms with Crippen molar-refractivity contribution in [1.82, 2.24) is 10.6 Å². The van der Waals surface area contributed by atoms with Gasteiger partial charge in [-0.1, -0.05) is 13.8 Å². The maximum Gasteiger partial charge on any atom is 0.336 e. The summed E-state index contributed by atoms with van der Waals surface area (Å²) in [5.41, 5.74) is 0. The number of amides is 2. The molecular weight excluding hydrogens is 228 g/mol. The van der Waals surface area contributed by atoms with Crippen LogP contribution in [-0.2, 0) is 19.1 Å². The number of carboxylic acid groups (broad SMARTS) is 1. The Kier molecular flexibility index (Phi) is 4.06. The van der Waals surface area contributed by atoms with Gasteiger partial charge in [0.25, 0.3) is 5.91 Å². The van der Waals surface area contributed by atoms with Crippen molar-refractivity contribution in [3.05, 3.63) is 0 Å². The van der Waals surface area contributed by atoms with Gasteiger partial charge in [0, 0.05) is 7.05 Å². The minimum atomic E-state index is -1.17. The van der Waals surface area contributed by atoms with Crippen molar-refractivity contribution >= 4 is 17.8 Å². The van der Waals surface area contributed by atoms with Crippen molar-refractivity contribution < 1.29 is 24.2 Å². The first-order valence-corrected chi connectivity index (χ1v) is 5.28. The van der Waals surface area contributed by atoms with Gasteiger partial charge in [-0.25, -0.2) is 4.79 Å². The van der Waals surface area contributed by atoms with Gasteiger partial charge in [0.15, 0.2) is 12.2 Å². The summed E-state index contributed by atoms with van der Waals surface area (Å²) >= 11 is 0. The van der Waals surface area contributed by atoms with E-state index in [1.54, 1.807) is 13.8 Å². The fraction of sp³-hybridized carbons (Fsp3) is 0.700. The Bertz CT molecular complexity index is 342. The lowest BCUT2D eigenvalue weighted by molar-refractivity contribution is -0.138. The van der Waals surface area contributed by atoms with E-state index in [0.717, 1.165) is 0 Å². The molecule has 0 spiro atoms. The second-order valence-electron chi connectivity index (χ2n) is 4.16. The predicted octanol–water partition coefficient (Wildman–Crippen LogP) is -1.27. The van der Waals surface area contributed by atoms with Crippen molar-refractivity contribution in [2.24, 2.45) is 5.92 Å². The molecule has 1 aliphatic heterocycles. The second-order valence-corrected chi connectivity index (χ2v) is 4.16. The average Bonchev–Trinajstić information content (AvgIpc) is 3.03. The van der Waals surface area contributed by atoms with Gasteiger partial charge in [-0.3, -0.25) is 9.59 Å². The van der Waals surface area contributed by atoms with E-state index in [-0.39, 0.29) is 11.8 Å². The summed E-state index contributed by atoms with van der Waals surface area (Å²) in [6, 6.07) is -0.689. The molecule has 3 unspecified atom stereocenters. The zero-order chi connectivity index (χ0) is 13.2. The van der Waals surface area contributed by atoms with Crippen molar-refractivity contribution in [3.63, 3.8) is 0 Å². The first-order chi connectivity index (χ1) is 7.88. The number of rotatable bonds is 5. The monoisotopic (exact) mass is 244 g/mol. The van der Waals surface area contributed by atoms with E-state index in [2.05, 4.69) is 10.6 Å². The van der Waals surface area contributed by atoms with Crippen LogP contribution in [-0.4, -0.2) is 48.2 Å². The lowest BCUT2D eigenvalue weighted by Gasteiger charge is -2.20. The number of aliphatic carboxylic acids is 1. The zero-order valence-electron chi connectivity index (χ0n) is 9.89. The molecule has 0 aromatic heterocycles. The Hall–Kier alpha value is -1.63. The number of carbonyl (C=O) groups excluding carboxylic acids is 2. The van der Waals surface area contributed by atoms with Crippen LogP contribution in [0.1, 0.15) is 13.8 Å². The Morgan fingerprint density at radius 3 is 2.18 bits per heavy atom. The molecule has 2 amide bonds. The van der Waals surface area contributed by atoms with E-state index in [1.165, 1.54) is 7.05 Å². The summed E-state index contributed by atoms with van der Waals surface area (Å²) in [4.78, 5) is 33.5. The number of likely N-dealkylation sites (N-methyl/N-ethyl adjacent to an activating group) is 1. The van der Waals surface area contributed by atoms with E-state index >= 15 is 0 Å². The summed E-state index contributed by atoms with van der Waals surface area (Å²) < 4.78 is 4.69. The molecule has 1 saturated heterocycles. The van der Waals surface area contributed by atoms with Crippen LogP contribution < -0.4 is 10.6 Å². The summed E-state index contributed by atoms with van der Waals surface area (Å²) in [6.45, 7) is 3.56. The Morgan fingerprint density at radius 2 is 1.82 bits per heavy atom. The van der Waals surface area contributed by atoms with Gasteiger partial charge < -0.3 is 20.5 Å². The van der Waals surface area contributed by atoms with Crippen LogP contribution in [0, 0.1) is 5.92 Å². The minimum absolute atomic E-state index is 0.0964. The molecule has 96 valence electrons. The molecule has 0 aromatic rings. The van der Waals surface area contributed by atoms with Gasteiger partial charge in [0.2, 0.25) is 5.91 Å². The summed E-state index contributed by atoms with van der Waals surface area (Å²) in [5.74, 6) is -2.16. The molecule has 0 bridgehead atoms. The first kappa shape index (κ1) is 13.4. The van der Waals surface area contributed by atoms with Crippen LogP contribution in [0.25, 0.3) is 0 Å². The van der Waals surface area contributed by atoms with E-state index in [4.69, 9.17) is 9.84 Å². The molecule has 1 heterocycles. The SMILES string of the molecule is CNC(=O)C(NC(=O)C1OC1C(=O)O)C(C)C. The molecule has 17 heavy (non-hydrogen) atoms. The van der Waals surface area contributed by atoms with E-state index in [1.807, 2.05) is 0 Å². The number of carbonyl (C=O) groups is 3. The third-order valence-corrected chi connectivity index (χ3v) is 2.49. The lowest BCUT2D eigenvalue weighted by atomic mass is 10.0. The van der Waals surface area contributed by atoms with Crippen molar-refractivity contribution in [3.8, 4) is 0 Å². The van der Waals surface area contributed by atoms with Crippen LogP contribution in [0.2, 0.25) is 0 Å². The third kappa shape index (κ3) is 3.16. The maximum absolute atomic E-state index is 11.6. The number of epoxide rings is 1. The van der Waals surface area contributed by atoms with Gasteiger partial charge >= 0.3 is 5.97 Å². The second kappa shape index (κ2) is 5.13. The van der Waals surface area contributed by atoms with E-state index in [9.17, 15) is 14.4 Å². The van der Waals surface area contributed by atoms with Crippen molar-refractivity contribution in [2.75, 3.05) is 7.05 Å². The molecule has 3 N–H and O–H groups in total. The Morgan fingerprint density at radius 1 is 1.24 bits per heavy atom. The fourth-order valence-corrected chi connectivity index (χ4v) is 1.43. The fourth-order valence-electron chi connectivity index (χ4n) is 1.43. The molecule has 3 atom stereocenters. The molecule has 0 radical (unpaired) electrons. The van der Waals surface area contributed by atoms with Crippen LogP contribution in [0.15, 0.2) is 0 Å². The Labute approximate surface area is 98.5 Å². The van der Waals surface area contributed by atoms with Gasteiger partial charge in [-0.2, -0.15) is 0 Å². The number of ether oxygens (including phenoxy) is 1. The molecule has 7 nitrogen and oxygen atoms in total. The number of hydrogen-bond donors (Lipinski definition) is 3. The molecule has 7 heteroatoms. The quantitative estimate of drug-likeness (QED) is 0.522. The van der Waals surface area contributed by atoms with Crippen LogP contribution in [0.4, 0.5) is 0 Å². The highest BCUT2D eigenvalue weighted by Gasteiger charge is 2.51. The van der Waals surface area contributed by atoms with Crippen LogP contribution >= 0.6 is 0 Å². The normalized spacial score (nSPS) is 24.0. The van der Waals surface area contributed by atoms with Gasteiger partial charge in [-0.15, -0.1) is 0 Å². The summed E-state index contributed by atoms with van der Waals surface area (Å²) in [5, 5.41) is 13.5. The maximum atomic E-state index is 11.6. The zero-order valence-corrected chi connectivity index (χ0v) is 9.89. The average molecular weight is 244 g/mol.